The topological polar surface area (TPSA) is 59.2 Å². The van der Waals surface area contributed by atoms with Crippen molar-refractivity contribution in [3.63, 3.8) is 0 Å². The van der Waals surface area contributed by atoms with E-state index < -0.39 is 0 Å². The van der Waals surface area contributed by atoms with Gasteiger partial charge in [-0.2, -0.15) is 4.98 Å². The van der Waals surface area contributed by atoms with E-state index in [0.717, 1.165) is 37.4 Å². The number of benzene rings is 1. The van der Waals surface area contributed by atoms with Gasteiger partial charge in [-0.25, -0.2) is 4.39 Å². The highest BCUT2D eigenvalue weighted by atomic mass is 19.1. The van der Waals surface area contributed by atoms with Crippen LogP contribution in [-0.4, -0.2) is 34.0 Å². The van der Waals surface area contributed by atoms with Crippen molar-refractivity contribution in [1.29, 1.82) is 0 Å². The standard InChI is InChI=1S/C18H20FN3O2/c19-15-4-2-1-3-14(15)10-17(23)22-8-7-12(11-22)9-16-20-18(24-21-16)13-5-6-13/h1-4,12-13H,5-11H2. The lowest BCUT2D eigenvalue weighted by molar-refractivity contribution is -0.129. The Morgan fingerprint density at radius 1 is 1.29 bits per heavy atom. The lowest BCUT2D eigenvalue weighted by Gasteiger charge is -2.16. The summed E-state index contributed by atoms with van der Waals surface area (Å²) in [5.41, 5.74) is 0.457. The van der Waals surface area contributed by atoms with E-state index in [9.17, 15) is 9.18 Å². The van der Waals surface area contributed by atoms with Crippen LogP contribution in [0.1, 0.15) is 42.5 Å². The number of aromatic nitrogens is 2. The molecule has 0 N–H and O–H groups in total. The van der Waals surface area contributed by atoms with Crippen molar-refractivity contribution in [3.8, 4) is 0 Å². The van der Waals surface area contributed by atoms with Gasteiger partial charge in [-0.05, 0) is 36.8 Å². The fourth-order valence-corrected chi connectivity index (χ4v) is 3.25. The van der Waals surface area contributed by atoms with E-state index in [0.29, 0.717) is 30.5 Å². The van der Waals surface area contributed by atoms with E-state index in [1.807, 2.05) is 4.90 Å². The number of hydrogen-bond acceptors (Lipinski definition) is 4. The monoisotopic (exact) mass is 329 g/mol. The van der Waals surface area contributed by atoms with Crippen LogP contribution in [0.3, 0.4) is 0 Å². The molecule has 1 aromatic carbocycles. The zero-order chi connectivity index (χ0) is 16.5. The fourth-order valence-electron chi connectivity index (χ4n) is 3.25. The fraction of sp³-hybridized carbons (Fsp3) is 0.500. The van der Waals surface area contributed by atoms with Crippen LogP contribution < -0.4 is 0 Å². The molecule has 4 rings (SSSR count). The molecular weight excluding hydrogens is 309 g/mol. The molecule has 0 spiro atoms. The highest BCUT2D eigenvalue weighted by molar-refractivity contribution is 5.79. The van der Waals surface area contributed by atoms with Crippen LogP contribution in [0, 0.1) is 11.7 Å². The normalized spacial score (nSPS) is 20.5. The Hall–Kier alpha value is -2.24. The Balaban J connectivity index is 1.32. The molecule has 126 valence electrons. The first-order valence-electron chi connectivity index (χ1n) is 8.52. The molecule has 5 nitrogen and oxygen atoms in total. The van der Waals surface area contributed by atoms with Gasteiger partial charge in [0.25, 0.3) is 0 Å². The summed E-state index contributed by atoms with van der Waals surface area (Å²) >= 11 is 0. The average molecular weight is 329 g/mol. The van der Waals surface area contributed by atoms with Gasteiger partial charge in [0.1, 0.15) is 5.82 Å². The molecule has 1 aliphatic carbocycles. The summed E-state index contributed by atoms with van der Waals surface area (Å²) < 4.78 is 19.0. The van der Waals surface area contributed by atoms with Crippen molar-refractivity contribution >= 4 is 5.91 Å². The van der Waals surface area contributed by atoms with Gasteiger partial charge < -0.3 is 9.42 Å². The van der Waals surface area contributed by atoms with E-state index in [1.54, 1.807) is 18.2 Å². The number of carbonyl (C=O) groups excluding carboxylic acids is 1. The summed E-state index contributed by atoms with van der Waals surface area (Å²) in [5, 5.41) is 4.05. The first-order chi connectivity index (χ1) is 11.7. The highest BCUT2D eigenvalue weighted by Crippen LogP contribution is 2.39. The smallest absolute Gasteiger partial charge is 0.229 e. The third kappa shape index (κ3) is 3.32. The molecule has 6 heteroatoms. The number of halogens is 1. The third-order valence-electron chi connectivity index (χ3n) is 4.82. The van der Waals surface area contributed by atoms with Crippen molar-refractivity contribution in [1.82, 2.24) is 15.0 Å². The van der Waals surface area contributed by atoms with Crippen LogP contribution in [0.25, 0.3) is 0 Å². The number of amides is 1. The lowest BCUT2D eigenvalue weighted by atomic mass is 10.0. The first-order valence-corrected chi connectivity index (χ1v) is 8.52. The summed E-state index contributed by atoms with van der Waals surface area (Å²) in [4.78, 5) is 18.6. The van der Waals surface area contributed by atoms with Crippen LogP contribution in [0.15, 0.2) is 28.8 Å². The zero-order valence-electron chi connectivity index (χ0n) is 13.4. The lowest BCUT2D eigenvalue weighted by Crippen LogP contribution is -2.30. The van der Waals surface area contributed by atoms with Crippen molar-refractivity contribution in [2.75, 3.05) is 13.1 Å². The molecule has 0 radical (unpaired) electrons. The van der Waals surface area contributed by atoms with Crippen molar-refractivity contribution in [3.05, 3.63) is 47.4 Å². The molecule has 1 saturated heterocycles. The summed E-state index contributed by atoms with van der Waals surface area (Å²) in [6, 6.07) is 6.45. The molecule has 1 aromatic heterocycles. The number of rotatable bonds is 5. The maximum absolute atomic E-state index is 13.7. The van der Waals surface area contributed by atoms with Gasteiger partial charge >= 0.3 is 0 Å². The third-order valence-corrected chi connectivity index (χ3v) is 4.82. The average Bonchev–Trinajstić information content (AvgIpc) is 3.14. The second-order valence-corrected chi connectivity index (χ2v) is 6.79. The van der Waals surface area contributed by atoms with Crippen LogP contribution in [-0.2, 0) is 17.6 Å². The molecule has 1 atom stereocenters. The number of nitrogens with zero attached hydrogens (tertiary/aromatic N) is 3. The maximum atomic E-state index is 13.7. The minimum atomic E-state index is -0.319. The number of likely N-dealkylation sites (tertiary alicyclic amines) is 1. The molecule has 1 saturated carbocycles. The SMILES string of the molecule is O=C(Cc1ccccc1F)N1CCC(Cc2noc(C3CC3)n2)C1. The van der Waals surface area contributed by atoms with Crippen molar-refractivity contribution < 1.29 is 13.7 Å². The van der Waals surface area contributed by atoms with E-state index in [2.05, 4.69) is 10.1 Å². The van der Waals surface area contributed by atoms with Gasteiger partial charge in [0.15, 0.2) is 5.82 Å². The maximum Gasteiger partial charge on any atom is 0.229 e. The summed E-state index contributed by atoms with van der Waals surface area (Å²) in [7, 11) is 0. The quantitative estimate of drug-likeness (QED) is 0.846. The molecule has 1 unspecified atom stereocenters. The number of hydrogen-bond donors (Lipinski definition) is 0. The number of carbonyl (C=O) groups is 1. The van der Waals surface area contributed by atoms with Gasteiger partial charge in [0.05, 0.1) is 6.42 Å². The van der Waals surface area contributed by atoms with Gasteiger partial charge in [-0.1, -0.05) is 23.4 Å². The van der Waals surface area contributed by atoms with E-state index >= 15 is 0 Å². The van der Waals surface area contributed by atoms with Gasteiger partial charge in [-0.15, -0.1) is 0 Å². The Morgan fingerprint density at radius 3 is 2.92 bits per heavy atom. The van der Waals surface area contributed by atoms with Crippen LogP contribution in [0.4, 0.5) is 4.39 Å². The second kappa shape index (κ2) is 6.34. The predicted octanol–water partition coefficient (Wildman–Crippen LogP) is 2.72. The highest BCUT2D eigenvalue weighted by Gasteiger charge is 2.31. The van der Waals surface area contributed by atoms with Gasteiger partial charge in [0.2, 0.25) is 11.8 Å². The minimum absolute atomic E-state index is 0.0191. The van der Waals surface area contributed by atoms with Crippen LogP contribution in [0.5, 0.6) is 0 Å². The summed E-state index contributed by atoms with van der Waals surface area (Å²) in [6.07, 6.45) is 4.07. The Kier molecular flexibility index (Phi) is 4.04. The molecule has 2 aliphatic rings. The minimum Gasteiger partial charge on any atom is -0.342 e. The molecule has 1 aliphatic heterocycles. The Morgan fingerprint density at radius 2 is 2.12 bits per heavy atom. The predicted molar refractivity (Wildman–Crippen MR) is 84.8 cm³/mol. The van der Waals surface area contributed by atoms with Gasteiger partial charge in [-0.3, -0.25) is 4.79 Å². The van der Waals surface area contributed by atoms with E-state index in [4.69, 9.17) is 4.52 Å². The molecule has 1 amide bonds. The van der Waals surface area contributed by atoms with Crippen LogP contribution in [0.2, 0.25) is 0 Å². The van der Waals surface area contributed by atoms with Crippen molar-refractivity contribution in [2.24, 2.45) is 5.92 Å². The first kappa shape index (κ1) is 15.3. The molecule has 0 bridgehead atoms. The largest absolute Gasteiger partial charge is 0.342 e. The van der Waals surface area contributed by atoms with E-state index in [-0.39, 0.29) is 18.1 Å². The Bertz CT molecular complexity index is 741. The summed E-state index contributed by atoms with van der Waals surface area (Å²) in [5.74, 6) is 1.98. The summed E-state index contributed by atoms with van der Waals surface area (Å²) in [6.45, 7) is 1.39. The molecule has 24 heavy (non-hydrogen) atoms. The van der Waals surface area contributed by atoms with E-state index in [1.165, 1.54) is 6.07 Å². The second-order valence-electron chi connectivity index (χ2n) is 6.79. The molecular formula is C18H20FN3O2. The molecule has 2 heterocycles. The molecule has 2 fully saturated rings. The Labute approximate surface area is 139 Å². The van der Waals surface area contributed by atoms with Crippen LogP contribution >= 0.6 is 0 Å². The molecule has 2 aromatic rings. The van der Waals surface area contributed by atoms with Gasteiger partial charge in [0, 0.05) is 25.4 Å². The van der Waals surface area contributed by atoms with Crippen molar-refractivity contribution in [2.45, 2.75) is 38.0 Å². The zero-order valence-corrected chi connectivity index (χ0v) is 13.4.